The van der Waals surface area contributed by atoms with E-state index in [0.717, 1.165) is 29.8 Å². The molecular weight excluding hydrogens is 224 g/mol. The molecule has 0 radical (unpaired) electrons. The first-order valence-corrected chi connectivity index (χ1v) is 5.99. The van der Waals surface area contributed by atoms with Crippen LogP contribution in [0.15, 0.2) is 48.9 Å². The van der Waals surface area contributed by atoms with Crippen LogP contribution < -0.4 is 5.32 Å². The highest BCUT2D eigenvalue weighted by Gasteiger charge is 2.03. The molecule has 0 aliphatic heterocycles. The van der Waals surface area contributed by atoms with Gasteiger partial charge in [-0.3, -0.25) is 0 Å². The van der Waals surface area contributed by atoms with Crippen molar-refractivity contribution in [3.05, 3.63) is 54.5 Å². The van der Waals surface area contributed by atoms with Crippen LogP contribution in [0.25, 0.3) is 11.0 Å². The van der Waals surface area contributed by atoms with E-state index in [9.17, 15) is 0 Å². The summed E-state index contributed by atoms with van der Waals surface area (Å²) >= 11 is 0. The van der Waals surface area contributed by atoms with Crippen molar-refractivity contribution >= 4 is 16.9 Å². The summed E-state index contributed by atoms with van der Waals surface area (Å²) in [5, 5.41) is 4.38. The lowest BCUT2D eigenvalue weighted by atomic mass is 10.1. The average molecular weight is 238 g/mol. The van der Waals surface area contributed by atoms with Gasteiger partial charge in [-0.05, 0) is 18.1 Å². The van der Waals surface area contributed by atoms with Gasteiger partial charge in [-0.25, -0.2) is 9.97 Å². The first-order chi connectivity index (χ1) is 8.93. The van der Waals surface area contributed by atoms with Crippen LogP contribution in [0, 0.1) is 0 Å². The number of rotatable bonds is 4. The quantitative estimate of drug-likeness (QED) is 0.734. The van der Waals surface area contributed by atoms with E-state index in [1.54, 1.807) is 6.33 Å². The molecule has 0 bridgehead atoms. The molecule has 0 unspecified atom stereocenters. The van der Waals surface area contributed by atoms with Crippen LogP contribution in [0.5, 0.6) is 0 Å². The van der Waals surface area contributed by atoms with Gasteiger partial charge in [0.05, 0.1) is 5.39 Å². The van der Waals surface area contributed by atoms with Crippen LogP contribution in [-0.4, -0.2) is 21.5 Å². The van der Waals surface area contributed by atoms with Gasteiger partial charge in [-0.1, -0.05) is 30.3 Å². The Balaban J connectivity index is 1.68. The number of anilines is 1. The summed E-state index contributed by atoms with van der Waals surface area (Å²) in [7, 11) is 0. The van der Waals surface area contributed by atoms with Crippen molar-refractivity contribution < 1.29 is 0 Å². The van der Waals surface area contributed by atoms with Crippen LogP contribution in [0.3, 0.4) is 0 Å². The van der Waals surface area contributed by atoms with Crippen LogP contribution >= 0.6 is 0 Å². The third kappa shape index (κ3) is 2.18. The molecule has 0 spiro atoms. The fourth-order valence-electron chi connectivity index (χ4n) is 1.98. The molecule has 0 amide bonds. The van der Waals surface area contributed by atoms with Gasteiger partial charge in [-0.2, -0.15) is 0 Å². The molecule has 0 fully saturated rings. The Kier molecular flexibility index (Phi) is 2.92. The summed E-state index contributed by atoms with van der Waals surface area (Å²) in [6.45, 7) is 0.862. The standard InChI is InChI=1S/C14H14N4/c1-2-4-11(5-3-1)6-8-15-13-12-7-9-16-14(12)18-10-17-13/h1-5,7,9-10H,6,8H2,(H2,15,16,17,18). The molecule has 3 aromatic rings. The van der Waals surface area contributed by atoms with Gasteiger partial charge in [-0.15, -0.1) is 0 Å². The van der Waals surface area contributed by atoms with E-state index >= 15 is 0 Å². The van der Waals surface area contributed by atoms with Gasteiger partial charge in [0.25, 0.3) is 0 Å². The second kappa shape index (κ2) is 4.87. The minimum absolute atomic E-state index is 0.862. The maximum atomic E-state index is 4.27. The Morgan fingerprint density at radius 1 is 1.06 bits per heavy atom. The molecule has 4 heteroatoms. The largest absolute Gasteiger partial charge is 0.369 e. The Bertz CT molecular complexity index is 630. The summed E-state index contributed by atoms with van der Waals surface area (Å²) in [5.41, 5.74) is 2.19. The van der Waals surface area contributed by atoms with E-state index in [1.165, 1.54) is 5.56 Å². The van der Waals surface area contributed by atoms with Crippen LogP contribution in [-0.2, 0) is 6.42 Å². The van der Waals surface area contributed by atoms with Crippen molar-refractivity contribution in [2.24, 2.45) is 0 Å². The third-order valence-corrected chi connectivity index (χ3v) is 2.90. The summed E-state index contributed by atoms with van der Waals surface area (Å²) in [6.07, 6.45) is 4.43. The first-order valence-electron chi connectivity index (χ1n) is 5.99. The first kappa shape index (κ1) is 10.8. The molecule has 4 nitrogen and oxygen atoms in total. The Hall–Kier alpha value is -2.36. The van der Waals surface area contributed by atoms with Gasteiger partial charge in [0.15, 0.2) is 0 Å². The highest BCUT2D eigenvalue weighted by molar-refractivity contribution is 5.86. The fourth-order valence-corrected chi connectivity index (χ4v) is 1.98. The maximum absolute atomic E-state index is 4.27. The van der Waals surface area contributed by atoms with Gasteiger partial charge in [0.2, 0.25) is 0 Å². The van der Waals surface area contributed by atoms with Crippen molar-refractivity contribution in [1.29, 1.82) is 0 Å². The van der Waals surface area contributed by atoms with Gasteiger partial charge >= 0.3 is 0 Å². The maximum Gasteiger partial charge on any atom is 0.142 e. The molecule has 2 N–H and O–H groups in total. The van der Waals surface area contributed by atoms with Crippen LogP contribution in [0.4, 0.5) is 5.82 Å². The lowest BCUT2D eigenvalue weighted by Crippen LogP contribution is -2.06. The zero-order valence-electron chi connectivity index (χ0n) is 9.93. The van der Waals surface area contributed by atoms with Crippen molar-refractivity contribution in [1.82, 2.24) is 15.0 Å². The number of nitrogens with one attached hydrogen (secondary N) is 2. The van der Waals surface area contributed by atoms with Crippen molar-refractivity contribution in [2.75, 3.05) is 11.9 Å². The number of aromatic nitrogens is 3. The number of benzene rings is 1. The van der Waals surface area contributed by atoms with E-state index in [4.69, 9.17) is 0 Å². The molecule has 0 saturated carbocycles. The smallest absolute Gasteiger partial charge is 0.142 e. The molecule has 2 aromatic heterocycles. The number of aromatic amines is 1. The molecular formula is C14H14N4. The number of hydrogen-bond acceptors (Lipinski definition) is 3. The molecule has 3 rings (SSSR count). The Labute approximate surface area is 105 Å². The van der Waals surface area contributed by atoms with Crippen molar-refractivity contribution in [3.8, 4) is 0 Å². The number of hydrogen-bond donors (Lipinski definition) is 2. The third-order valence-electron chi connectivity index (χ3n) is 2.90. The molecule has 2 heterocycles. The van der Waals surface area contributed by atoms with Crippen molar-refractivity contribution in [3.63, 3.8) is 0 Å². The predicted octanol–water partition coefficient (Wildman–Crippen LogP) is 2.61. The summed E-state index contributed by atoms with van der Waals surface area (Å²) in [4.78, 5) is 11.5. The number of nitrogens with zero attached hydrogens (tertiary/aromatic N) is 2. The molecule has 1 aromatic carbocycles. The lowest BCUT2D eigenvalue weighted by molar-refractivity contribution is 1.01. The average Bonchev–Trinajstić information content (AvgIpc) is 2.89. The molecule has 18 heavy (non-hydrogen) atoms. The highest BCUT2D eigenvalue weighted by Crippen LogP contribution is 2.17. The zero-order valence-corrected chi connectivity index (χ0v) is 9.93. The Morgan fingerprint density at radius 2 is 1.94 bits per heavy atom. The van der Waals surface area contributed by atoms with E-state index in [1.807, 2.05) is 18.3 Å². The SMILES string of the molecule is c1ccc(CCNc2ncnc3[nH]ccc23)cc1. The van der Waals surface area contributed by atoms with E-state index in [0.29, 0.717) is 0 Å². The second-order valence-electron chi connectivity index (χ2n) is 4.12. The van der Waals surface area contributed by atoms with Crippen LogP contribution in [0.1, 0.15) is 5.56 Å². The fraction of sp³-hybridized carbons (Fsp3) is 0.143. The summed E-state index contributed by atoms with van der Waals surface area (Å²) in [6, 6.07) is 12.4. The predicted molar refractivity (Wildman–Crippen MR) is 72.5 cm³/mol. The number of H-pyrrole nitrogens is 1. The molecule has 0 aliphatic carbocycles. The minimum atomic E-state index is 0.862. The summed E-state index contributed by atoms with van der Waals surface area (Å²) in [5.74, 6) is 0.886. The minimum Gasteiger partial charge on any atom is -0.369 e. The molecule has 0 saturated heterocycles. The van der Waals surface area contributed by atoms with E-state index in [2.05, 4.69) is 44.5 Å². The zero-order chi connectivity index (χ0) is 12.2. The normalized spacial score (nSPS) is 10.7. The molecule has 0 aliphatic rings. The Morgan fingerprint density at radius 3 is 2.83 bits per heavy atom. The van der Waals surface area contributed by atoms with Crippen molar-refractivity contribution in [2.45, 2.75) is 6.42 Å². The van der Waals surface area contributed by atoms with Crippen LogP contribution in [0.2, 0.25) is 0 Å². The second-order valence-corrected chi connectivity index (χ2v) is 4.12. The topological polar surface area (TPSA) is 53.6 Å². The van der Waals surface area contributed by atoms with Gasteiger partial charge in [0.1, 0.15) is 17.8 Å². The summed E-state index contributed by atoms with van der Waals surface area (Å²) < 4.78 is 0. The highest BCUT2D eigenvalue weighted by atomic mass is 15.0. The number of fused-ring (bicyclic) bond motifs is 1. The van der Waals surface area contributed by atoms with Gasteiger partial charge < -0.3 is 10.3 Å². The molecule has 90 valence electrons. The monoisotopic (exact) mass is 238 g/mol. The van der Waals surface area contributed by atoms with E-state index in [-0.39, 0.29) is 0 Å². The van der Waals surface area contributed by atoms with Gasteiger partial charge in [0, 0.05) is 12.7 Å². The molecule has 0 atom stereocenters. The lowest BCUT2D eigenvalue weighted by Gasteiger charge is -2.06. The van der Waals surface area contributed by atoms with E-state index < -0.39 is 0 Å².